The molecular weight excluding hydrogens is 204 g/mol. The first-order valence-corrected chi connectivity index (χ1v) is 5.46. The summed E-state index contributed by atoms with van der Waals surface area (Å²) in [6, 6.07) is 0. The van der Waals surface area contributed by atoms with Crippen LogP contribution >= 0.6 is 0 Å². The van der Waals surface area contributed by atoms with Crippen molar-refractivity contribution in [2.75, 3.05) is 19.3 Å². The third kappa shape index (κ3) is 1.99. The van der Waals surface area contributed by atoms with Crippen LogP contribution < -0.4 is 5.73 Å². The molecule has 0 bridgehead atoms. The summed E-state index contributed by atoms with van der Waals surface area (Å²) in [5.41, 5.74) is 5.25. The van der Waals surface area contributed by atoms with Crippen molar-refractivity contribution in [3.8, 4) is 0 Å². The van der Waals surface area contributed by atoms with Crippen LogP contribution in [0.3, 0.4) is 0 Å². The quantitative estimate of drug-likeness (QED) is 0.749. The lowest BCUT2D eigenvalue weighted by molar-refractivity contribution is 0.485. The molecule has 1 aromatic rings. The van der Waals surface area contributed by atoms with E-state index in [0.29, 0.717) is 6.54 Å². The van der Waals surface area contributed by atoms with Crippen molar-refractivity contribution in [1.82, 2.24) is 14.3 Å². The minimum Gasteiger partial charge on any atom is -0.368 e. The maximum Gasteiger partial charge on any atom is 0.245 e. The molecule has 0 aliphatic heterocycles. The van der Waals surface area contributed by atoms with Crippen LogP contribution in [0.4, 0.5) is 5.95 Å². The van der Waals surface area contributed by atoms with Crippen LogP contribution in [0.25, 0.3) is 0 Å². The highest BCUT2D eigenvalue weighted by atomic mass is 32.2. The monoisotopic (exact) mass is 216 g/mol. The highest BCUT2D eigenvalue weighted by Crippen LogP contribution is 2.11. The third-order valence-corrected chi connectivity index (χ3v) is 3.69. The Labute approximate surface area is 82.8 Å². The van der Waals surface area contributed by atoms with Gasteiger partial charge in [0, 0.05) is 13.6 Å². The van der Waals surface area contributed by atoms with Crippen molar-refractivity contribution in [2.24, 2.45) is 0 Å². The lowest BCUT2D eigenvalue weighted by atomic mass is 10.7. The van der Waals surface area contributed by atoms with E-state index in [1.807, 2.05) is 0 Å². The molecule has 0 spiro atoms. The van der Waals surface area contributed by atoms with Crippen LogP contribution in [0.1, 0.15) is 6.92 Å². The number of anilines is 1. The maximum atomic E-state index is 11.7. The van der Waals surface area contributed by atoms with Gasteiger partial charge in [0.05, 0.1) is 12.4 Å². The fraction of sp³-hybridized carbons (Fsp3) is 0.429. The van der Waals surface area contributed by atoms with Crippen LogP contribution in [-0.2, 0) is 10.0 Å². The second-order valence-electron chi connectivity index (χ2n) is 2.70. The number of hydrogen-bond donors (Lipinski definition) is 1. The lowest BCUT2D eigenvalue weighted by Crippen LogP contribution is -2.26. The van der Waals surface area contributed by atoms with Crippen molar-refractivity contribution >= 4 is 16.0 Å². The second kappa shape index (κ2) is 3.89. The van der Waals surface area contributed by atoms with Gasteiger partial charge in [0.15, 0.2) is 0 Å². The topological polar surface area (TPSA) is 89.2 Å². The number of nitrogens with zero attached hydrogens (tertiary/aromatic N) is 3. The van der Waals surface area contributed by atoms with E-state index in [1.165, 1.54) is 23.7 Å². The molecule has 0 atom stereocenters. The molecule has 2 N–H and O–H groups in total. The van der Waals surface area contributed by atoms with Gasteiger partial charge < -0.3 is 5.73 Å². The first kappa shape index (κ1) is 10.9. The predicted molar refractivity (Wildman–Crippen MR) is 51.9 cm³/mol. The number of nitrogen functional groups attached to an aromatic ring is 1. The molecule has 0 saturated heterocycles. The molecule has 0 aromatic carbocycles. The molecule has 0 saturated carbocycles. The lowest BCUT2D eigenvalue weighted by Gasteiger charge is -2.13. The normalized spacial score (nSPS) is 11.9. The van der Waals surface area contributed by atoms with Gasteiger partial charge in [-0.05, 0) is 0 Å². The van der Waals surface area contributed by atoms with E-state index in [2.05, 4.69) is 9.97 Å². The minimum absolute atomic E-state index is 0.0519. The average Bonchev–Trinajstić information content (AvgIpc) is 2.17. The van der Waals surface area contributed by atoms with Crippen LogP contribution in [0.2, 0.25) is 0 Å². The SMILES string of the molecule is CCN(C)S(=O)(=O)c1cnc(N)nc1. The van der Waals surface area contributed by atoms with E-state index >= 15 is 0 Å². The number of nitrogens with two attached hydrogens (primary N) is 1. The Kier molecular flexibility index (Phi) is 3.02. The molecule has 1 heterocycles. The molecular formula is C7H12N4O2S. The summed E-state index contributed by atoms with van der Waals surface area (Å²) < 4.78 is 24.6. The molecule has 0 aliphatic carbocycles. The molecule has 0 fully saturated rings. The first-order valence-electron chi connectivity index (χ1n) is 4.02. The fourth-order valence-electron chi connectivity index (χ4n) is 0.809. The molecule has 0 amide bonds. The summed E-state index contributed by atoms with van der Waals surface area (Å²) >= 11 is 0. The minimum atomic E-state index is -3.45. The summed E-state index contributed by atoms with van der Waals surface area (Å²) in [7, 11) is -1.96. The van der Waals surface area contributed by atoms with Crippen LogP contribution in [0, 0.1) is 0 Å². The number of sulfonamides is 1. The predicted octanol–water partition coefficient (Wildman–Crippen LogP) is -0.301. The van der Waals surface area contributed by atoms with E-state index in [0.717, 1.165) is 0 Å². The Morgan fingerprint density at radius 2 is 1.93 bits per heavy atom. The van der Waals surface area contributed by atoms with Gasteiger partial charge in [-0.3, -0.25) is 0 Å². The zero-order valence-corrected chi connectivity index (χ0v) is 8.82. The largest absolute Gasteiger partial charge is 0.368 e. The van der Waals surface area contributed by atoms with Crippen molar-refractivity contribution in [2.45, 2.75) is 11.8 Å². The van der Waals surface area contributed by atoms with Crippen molar-refractivity contribution in [3.63, 3.8) is 0 Å². The van der Waals surface area contributed by atoms with E-state index in [4.69, 9.17) is 5.73 Å². The average molecular weight is 216 g/mol. The molecule has 0 unspecified atom stereocenters. The zero-order valence-electron chi connectivity index (χ0n) is 8.01. The first-order chi connectivity index (χ1) is 6.48. The Morgan fingerprint density at radius 1 is 1.43 bits per heavy atom. The van der Waals surface area contributed by atoms with Gasteiger partial charge in [0.1, 0.15) is 4.90 Å². The molecule has 6 nitrogen and oxygen atoms in total. The van der Waals surface area contributed by atoms with Gasteiger partial charge in [0.25, 0.3) is 0 Å². The molecule has 0 radical (unpaired) electrons. The highest BCUT2D eigenvalue weighted by molar-refractivity contribution is 7.89. The van der Waals surface area contributed by atoms with Crippen molar-refractivity contribution in [3.05, 3.63) is 12.4 Å². The van der Waals surface area contributed by atoms with E-state index in [1.54, 1.807) is 6.92 Å². The molecule has 0 aliphatic rings. The van der Waals surface area contributed by atoms with E-state index in [9.17, 15) is 8.42 Å². The Hall–Kier alpha value is -1.21. The molecule has 7 heteroatoms. The van der Waals surface area contributed by atoms with Gasteiger partial charge in [-0.15, -0.1) is 0 Å². The highest BCUT2D eigenvalue weighted by Gasteiger charge is 2.19. The molecule has 1 rings (SSSR count). The molecule has 14 heavy (non-hydrogen) atoms. The second-order valence-corrected chi connectivity index (χ2v) is 4.74. The Bertz CT molecular complexity index is 400. The van der Waals surface area contributed by atoms with Gasteiger partial charge in [-0.25, -0.2) is 22.7 Å². The number of hydrogen-bond acceptors (Lipinski definition) is 5. The zero-order chi connectivity index (χ0) is 10.8. The standard InChI is InChI=1S/C7H12N4O2S/c1-3-11(2)14(12,13)6-4-9-7(8)10-5-6/h4-5H,3H2,1-2H3,(H2,8,9,10). The van der Waals surface area contributed by atoms with Gasteiger partial charge in [-0.2, -0.15) is 0 Å². The Balaban J connectivity index is 3.11. The summed E-state index contributed by atoms with van der Waals surface area (Å²) in [5.74, 6) is 0.0584. The number of aromatic nitrogens is 2. The molecule has 78 valence electrons. The maximum absolute atomic E-state index is 11.7. The van der Waals surface area contributed by atoms with Crippen LogP contribution in [0.15, 0.2) is 17.3 Å². The van der Waals surface area contributed by atoms with Crippen molar-refractivity contribution in [1.29, 1.82) is 0 Å². The summed E-state index contributed by atoms with van der Waals surface area (Å²) in [4.78, 5) is 7.30. The number of rotatable bonds is 3. The third-order valence-electron chi connectivity index (χ3n) is 1.80. The van der Waals surface area contributed by atoms with Gasteiger partial charge >= 0.3 is 0 Å². The van der Waals surface area contributed by atoms with Gasteiger partial charge in [-0.1, -0.05) is 6.92 Å². The van der Waals surface area contributed by atoms with Crippen LogP contribution in [-0.4, -0.2) is 36.3 Å². The van der Waals surface area contributed by atoms with E-state index in [-0.39, 0.29) is 10.8 Å². The molecule has 1 aromatic heterocycles. The Morgan fingerprint density at radius 3 is 2.36 bits per heavy atom. The fourth-order valence-corrected chi connectivity index (χ4v) is 1.88. The van der Waals surface area contributed by atoms with Crippen molar-refractivity contribution < 1.29 is 8.42 Å². The van der Waals surface area contributed by atoms with Gasteiger partial charge in [0.2, 0.25) is 16.0 Å². The van der Waals surface area contributed by atoms with E-state index < -0.39 is 10.0 Å². The smallest absolute Gasteiger partial charge is 0.245 e. The summed E-state index contributed by atoms with van der Waals surface area (Å²) in [5, 5.41) is 0. The summed E-state index contributed by atoms with van der Waals surface area (Å²) in [6.45, 7) is 2.14. The van der Waals surface area contributed by atoms with Crippen LogP contribution in [0.5, 0.6) is 0 Å². The summed E-state index contributed by atoms with van der Waals surface area (Å²) in [6.07, 6.45) is 2.40.